The number of aromatic amines is 1. The second kappa shape index (κ2) is 4.43. The van der Waals surface area contributed by atoms with Crippen molar-refractivity contribution in [2.24, 2.45) is 0 Å². The molecule has 1 aromatic heterocycles. The van der Waals surface area contributed by atoms with E-state index in [-0.39, 0.29) is 0 Å². The fourth-order valence-electron chi connectivity index (χ4n) is 1.13. The van der Waals surface area contributed by atoms with Gasteiger partial charge in [0.1, 0.15) is 10.5 Å². The lowest BCUT2D eigenvalue weighted by Gasteiger charge is -2.01. The van der Waals surface area contributed by atoms with Gasteiger partial charge in [-0.2, -0.15) is 0 Å². The van der Waals surface area contributed by atoms with Crippen LogP contribution in [0.5, 0.6) is 0 Å². The van der Waals surface area contributed by atoms with Gasteiger partial charge in [0.25, 0.3) is 0 Å². The minimum atomic E-state index is 0.634. The third-order valence-electron chi connectivity index (χ3n) is 1.87. The van der Waals surface area contributed by atoms with Crippen LogP contribution in [0.4, 0.5) is 0 Å². The highest BCUT2D eigenvalue weighted by atomic mass is 79.9. The van der Waals surface area contributed by atoms with Gasteiger partial charge in [-0.15, -0.1) is 0 Å². The van der Waals surface area contributed by atoms with Crippen LogP contribution in [0.1, 0.15) is 0 Å². The molecule has 15 heavy (non-hydrogen) atoms. The van der Waals surface area contributed by atoms with Gasteiger partial charge in [-0.1, -0.05) is 23.8 Å². The van der Waals surface area contributed by atoms with Crippen molar-refractivity contribution in [1.29, 1.82) is 0 Å². The molecule has 1 heterocycles. The van der Waals surface area contributed by atoms with Crippen LogP contribution in [0.2, 0.25) is 5.02 Å². The maximum Gasteiger partial charge on any atom is 0.138 e. The van der Waals surface area contributed by atoms with E-state index in [1.807, 2.05) is 24.3 Å². The summed E-state index contributed by atoms with van der Waals surface area (Å²) in [6, 6.07) is 7.42. The van der Waals surface area contributed by atoms with E-state index in [4.69, 9.17) is 23.8 Å². The Labute approximate surface area is 105 Å². The average Bonchev–Trinajstić information content (AvgIpc) is 2.23. The number of benzene rings is 1. The van der Waals surface area contributed by atoms with Crippen LogP contribution in [0, 0.1) is 4.64 Å². The fraction of sp³-hybridized carbons (Fsp3) is 0. The van der Waals surface area contributed by atoms with Crippen molar-refractivity contribution in [3.05, 3.63) is 44.6 Å². The molecule has 1 N–H and O–H groups in total. The lowest BCUT2D eigenvalue weighted by Crippen LogP contribution is -1.89. The molecule has 0 aliphatic carbocycles. The first-order valence-electron chi connectivity index (χ1n) is 4.17. The van der Waals surface area contributed by atoms with Crippen LogP contribution in [0.3, 0.4) is 0 Å². The minimum absolute atomic E-state index is 0.634. The van der Waals surface area contributed by atoms with Gasteiger partial charge in [0.05, 0.1) is 4.47 Å². The van der Waals surface area contributed by atoms with Gasteiger partial charge in [0.2, 0.25) is 0 Å². The quantitative estimate of drug-likeness (QED) is 0.799. The molecular weight excluding hydrogens is 296 g/mol. The molecule has 0 unspecified atom stereocenters. The molecule has 0 atom stereocenters. The summed E-state index contributed by atoms with van der Waals surface area (Å²) in [5, 5.41) is 0.703. The Morgan fingerprint density at radius 1 is 1.27 bits per heavy atom. The largest absolute Gasteiger partial charge is 0.330 e. The summed E-state index contributed by atoms with van der Waals surface area (Å²) in [6.07, 6.45) is 1.68. The van der Waals surface area contributed by atoms with Crippen molar-refractivity contribution >= 4 is 39.7 Å². The highest BCUT2D eigenvalue weighted by molar-refractivity contribution is 9.10. The van der Waals surface area contributed by atoms with Gasteiger partial charge in [-0.25, -0.2) is 4.98 Å². The molecule has 76 valence electrons. The van der Waals surface area contributed by atoms with E-state index in [0.29, 0.717) is 9.66 Å². The molecule has 1 aromatic carbocycles. The SMILES string of the molecule is S=c1[nH]c(-c2ccc(Cl)cc2)ncc1Br. The van der Waals surface area contributed by atoms with Crippen LogP contribution in [0.15, 0.2) is 34.9 Å². The monoisotopic (exact) mass is 300 g/mol. The number of rotatable bonds is 1. The second-order valence-corrected chi connectivity index (χ2v) is 4.61. The van der Waals surface area contributed by atoms with Gasteiger partial charge < -0.3 is 4.98 Å². The lowest BCUT2D eigenvalue weighted by molar-refractivity contribution is 1.14. The molecule has 0 spiro atoms. The van der Waals surface area contributed by atoms with E-state index in [9.17, 15) is 0 Å². The Morgan fingerprint density at radius 2 is 1.93 bits per heavy atom. The Balaban J connectivity index is 2.50. The van der Waals surface area contributed by atoms with Crippen molar-refractivity contribution in [3.8, 4) is 11.4 Å². The Hall–Kier alpha value is -0.710. The van der Waals surface area contributed by atoms with Crippen molar-refractivity contribution in [2.75, 3.05) is 0 Å². The van der Waals surface area contributed by atoms with Crippen LogP contribution in [-0.2, 0) is 0 Å². The number of hydrogen-bond acceptors (Lipinski definition) is 2. The predicted octanol–water partition coefficient (Wildman–Crippen LogP) is 4.22. The first-order valence-corrected chi connectivity index (χ1v) is 5.75. The molecule has 0 aliphatic rings. The topological polar surface area (TPSA) is 28.7 Å². The predicted molar refractivity (Wildman–Crippen MR) is 67.6 cm³/mol. The third-order valence-corrected chi connectivity index (χ3v) is 3.31. The lowest BCUT2D eigenvalue weighted by atomic mass is 10.2. The van der Waals surface area contributed by atoms with Crippen LogP contribution < -0.4 is 0 Å². The average molecular weight is 302 g/mol. The first-order chi connectivity index (χ1) is 7.16. The van der Waals surface area contributed by atoms with Crippen molar-refractivity contribution < 1.29 is 0 Å². The standard InChI is InChI=1S/C10H6BrClN2S/c11-8-5-13-9(14-10(8)15)6-1-3-7(12)4-2-6/h1-5H,(H,13,14,15). The molecule has 0 bridgehead atoms. The van der Waals surface area contributed by atoms with Gasteiger partial charge >= 0.3 is 0 Å². The van der Waals surface area contributed by atoms with E-state index in [2.05, 4.69) is 25.9 Å². The van der Waals surface area contributed by atoms with Crippen molar-refractivity contribution in [2.45, 2.75) is 0 Å². The number of hydrogen-bond donors (Lipinski definition) is 1. The van der Waals surface area contributed by atoms with Crippen LogP contribution in [0.25, 0.3) is 11.4 Å². The van der Waals surface area contributed by atoms with Gasteiger partial charge in [0, 0.05) is 16.8 Å². The van der Waals surface area contributed by atoms with E-state index < -0.39 is 0 Å². The van der Waals surface area contributed by atoms with Crippen molar-refractivity contribution in [1.82, 2.24) is 9.97 Å². The molecule has 0 radical (unpaired) electrons. The molecular formula is C10H6BrClN2S. The van der Waals surface area contributed by atoms with E-state index in [1.165, 1.54) is 0 Å². The Morgan fingerprint density at radius 3 is 2.53 bits per heavy atom. The zero-order valence-corrected chi connectivity index (χ0v) is 10.7. The van der Waals surface area contributed by atoms with Crippen LogP contribution >= 0.6 is 39.7 Å². The maximum atomic E-state index is 5.80. The Bertz CT molecular complexity index is 536. The molecule has 0 saturated heterocycles. The number of nitrogens with zero attached hydrogens (tertiary/aromatic N) is 1. The summed E-state index contributed by atoms with van der Waals surface area (Å²) in [4.78, 5) is 7.25. The summed E-state index contributed by atoms with van der Waals surface area (Å²) in [5.74, 6) is 0.736. The molecule has 0 aliphatic heterocycles. The zero-order valence-electron chi connectivity index (χ0n) is 7.50. The smallest absolute Gasteiger partial charge is 0.138 e. The molecule has 0 fully saturated rings. The number of nitrogens with one attached hydrogen (secondary N) is 1. The summed E-state index contributed by atoms with van der Waals surface area (Å²) in [5.41, 5.74) is 0.956. The molecule has 2 aromatic rings. The molecule has 2 rings (SSSR count). The molecule has 0 saturated carbocycles. The summed E-state index contributed by atoms with van der Waals surface area (Å²) >= 11 is 14.2. The first kappa shape index (κ1) is 10.8. The molecule has 5 heteroatoms. The number of aromatic nitrogens is 2. The second-order valence-electron chi connectivity index (χ2n) is 2.92. The van der Waals surface area contributed by atoms with Gasteiger partial charge in [0.15, 0.2) is 0 Å². The zero-order chi connectivity index (χ0) is 10.8. The highest BCUT2D eigenvalue weighted by Crippen LogP contribution is 2.19. The number of H-pyrrole nitrogens is 1. The van der Waals surface area contributed by atoms with Crippen LogP contribution in [-0.4, -0.2) is 9.97 Å². The highest BCUT2D eigenvalue weighted by Gasteiger charge is 2.00. The summed E-state index contributed by atoms with van der Waals surface area (Å²) in [6.45, 7) is 0. The molecule has 0 amide bonds. The van der Waals surface area contributed by atoms with Crippen molar-refractivity contribution in [3.63, 3.8) is 0 Å². The van der Waals surface area contributed by atoms with Gasteiger partial charge in [-0.05, 0) is 40.2 Å². The normalized spacial score (nSPS) is 10.3. The minimum Gasteiger partial charge on any atom is -0.330 e. The summed E-state index contributed by atoms with van der Waals surface area (Å²) in [7, 11) is 0. The Kier molecular flexibility index (Phi) is 3.19. The van der Waals surface area contributed by atoms with Gasteiger partial charge in [-0.3, -0.25) is 0 Å². The summed E-state index contributed by atoms with van der Waals surface area (Å²) < 4.78 is 1.42. The van der Waals surface area contributed by atoms with E-state index in [0.717, 1.165) is 15.9 Å². The van der Waals surface area contributed by atoms with E-state index in [1.54, 1.807) is 6.20 Å². The maximum absolute atomic E-state index is 5.80. The fourth-order valence-corrected chi connectivity index (χ4v) is 1.61. The van der Waals surface area contributed by atoms with E-state index >= 15 is 0 Å². The molecule has 2 nitrogen and oxygen atoms in total. The third kappa shape index (κ3) is 2.45. The number of halogens is 2.